The lowest BCUT2D eigenvalue weighted by Gasteiger charge is -2.44. The van der Waals surface area contributed by atoms with Crippen LogP contribution in [0, 0.1) is 13.8 Å². The molecule has 2 amide bonds. The van der Waals surface area contributed by atoms with Crippen molar-refractivity contribution in [1.82, 2.24) is 9.97 Å². The fourth-order valence-corrected chi connectivity index (χ4v) is 4.60. The van der Waals surface area contributed by atoms with E-state index in [1.165, 1.54) is 0 Å². The molecule has 34 heavy (non-hydrogen) atoms. The normalized spacial score (nSPS) is 17.3. The third-order valence-electron chi connectivity index (χ3n) is 6.37. The van der Waals surface area contributed by atoms with Gasteiger partial charge in [0.05, 0.1) is 18.9 Å². The number of amides is 2. The van der Waals surface area contributed by atoms with E-state index < -0.39 is 0 Å². The number of fused-ring (bicyclic) bond motifs is 3. The SMILES string of the molecule is CCN1C(=O)C2COCCN2c2cc(-c3cc(NC(=O)c4ccnc(C)c4)ccc3C)cnc21. The molecule has 1 saturated heterocycles. The second kappa shape index (κ2) is 8.87. The van der Waals surface area contributed by atoms with Crippen LogP contribution in [-0.4, -0.2) is 54.1 Å². The number of hydrogen-bond acceptors (Lipinski definition) is 6. The van der Waals surface area contributed by atoms with Crippen LogP contribution in [0.25, 0.3) is 11.1 Å². The van der Waals surface area contributed by atoms with Gasteiger partial charge in [0.2, 0.25) is 0 Å². The Labute approximate surface area is 198 Å². The number of benzene rings is 1. The van der Waals surface area contributed by atoms with Crippen molar-refractivity contribution in [2.75, 3.05) is 41.4 Å². The number of nitrogens with zero attached hydrogens (tertiary/aromatic N) is 4. The van der Waals surface area contributed by atoms with E-state index in [0.717, 1.165) is 28.1 Å². The first-order chi connectivity index (χ1) is 16.5. The fourth-order valence-electron chi connectivity index (χ4n) is 4.60. The van der Waals surface area contributed by atoms with Gasteiger partial charge >= 0.3 is 0 Å². The van der Waals surface area contributed by atoms with E-state index in [9.17, 15) is 9.59 Å². The summed E-state index contributed by atoms with van der Waals surface area (Å²) in [5, 5.41) is 2.99. The standard InChI is InChI=1S/C26H27N5O3/c1-4-30-24-22(31-9-10-34-15-23(31)26(30)33)12-19(14-28-24)21-13-20(6-5-16(21)2)29-25(32)18-7-8-27-17(3)11-18/h5-8,11-14,23H,4,9-10,15H2,1-3H3,(H,29,32). The molecule has 0 bridgehead atoms. The maximum atomic E-state index is 13.0. The number of rotatable bonds is 4. The third kappa shape index (κ3) is 3.90. The van der Waals surface area contributed by atoms with E-state index in [4.69, 9.17) is 9.72 Å². The van der Waals surface area contributed by atoms with Crippen molar-refractivity contribution in [1.29, 1.82) is 0 Å². The Kier molecular flexibility index (Phi) is 5.75. The summed E-state index contributed by atoms with van der Waals surface area (Å²) in [6, 6.07) is 11.1. The zero-order valence-electron chi connectivity index (χ0n) is 19.5. The van der Waals surface area contributed by atoms with E-state index in [0.29, 0.717) is 43.4 Å². The van der Waals surface area contributed by atoms with Crippen molar-refractivity contribution in [3.05, 3.63) is 65.6 Å². The number of carbonyl (C=O) groups is 2. The summed E-state index contributed by atoms with van der Waals surface area (Å²) in [5.74, 6) is 0.531. The molecule has 8 nitrogen and oxygen atoms in total. The number of pyridine rings is 2. The highest BCUT2D eigenvalue weighted by Gasteiger charge is 2.40. The number of morpholine rings is 1. The summed E-state index contributed by atoms with van der Waals surface area (Å²) >= 11 is 0. The van der Waals surface area contributed by atoms with Gasteiger partial charge in [0.15, 0.2) is 5.82 Å². The molecule has 1 N–H and O–H groups in total. The number of aromatic nitrogens is 2. The van der Waals surface area contributed by atoms with Crippen LogP contribution < -0.4 is 15.1 Å². The maximum Gasteiger partial charge on any atom is 0.255 e. The number of ether oxygens (including phenoxy) is 1. The van der Waals surface area contributed by atoms with Crippen LogP contribution in [0.3, 0.4) is 0 Å². The summed E-state index contributed by atoms with van der Waals surface area (Å²) < 4.78 is 5.59. The highest BCUT2D eigenvalue weighted by Crippen LogP contribution is 2.39. The topological polar surface area (TPSA) is 87.7 Å². The molecule has 0 radical (unpaired) electrons. The van der Waals surface area contributed by atoms with Crippen molar-refractivity contribution in [3.63, 3.8) is 0 Å². The molecule has 0 saturated carbocycles. The molecule has 1 atom stereocenters. The first kappa shape index (κ1) is 22.0. The first-order valence-electron chi connectivity index (χ1n) is 11.5. The smallest absolute Gasteiger partial charge is 0.255 e. The number of likely N-dealkylation sites (N-methyl/N-ethyl adjacent to an activating group) is 1. The Balaban J connectivity index is 1.50. The quantitative estimate of drug-likeness (QED) is 0.644. The van der Waals surface area contributed by atoms with Crippen LogP contribution >= 0.6 is 0 Å². The largest absolute Gasteiger partial charge is 0.377 e. The Morgan fingerprint density at radius 3 is 2.82 bits per heavy atom. The monoisotopic (exact) mass is 457 g/mol. The Morgan fingerprint density at radius 2 is 2.03 bits per heavy atom. The third-order valence-corrected chi connectivity index (χ3v) is 6.37. The van der Waals surface area contributed by atoms with Gasteiger partial charge in [-0.25, -0.2) is 4.98 Å². The lowest BCUT2D eigenvalue weighted by atomic mass is 9.99. The van der Waals surface area contributed by atoms with E-state index in [1.54, 1.807) is 29.4 Å². The molecule has 2 aromatic heterocycles. The maximum absolute atomic E-state index is 13.0. The molecule has 0 aliphatic carbocycles. The molecule has 1 unspecified atom stereocenters. The molecule has 174 valence electrons. The van der Waals surface area contributed by atoms with Gasteiger partial charge in [-0.15, -0.1) is 0 Å². The van der Waals surface area contributed by atoms with Gasteiger partial charge in [0.25, 0.3) is 11.8 Å². The fraction of sp³-hybridized carbons (Fsp3) is 0.308. The van der Waals surface area contributed by atoms with Crippen molar-refractivity contribution in [2.45, 2.75) is 26.8 Å². The van der Waals surface area contributed by atoms with E-state index >= 15 is 0 Å². The number of aryl methyl sites for hydroxylation is 2. The van der Waals surface area contributed by atoms with Crippen molar-refractivity contribution in [2.24, 2.45) is 0 Å². The Bertz CT molecular complexity index is 1280. The summed E-state index contributed by atoms with van der Waals surface area (Å²) in [4.78, 5) is 38.4. The van der Waals surface area contributed by atoms with Crippen LogP contribution in [0.2, 0.25) is 0 Å². The minimum absolute atomic E-state index is 0.0298. The molecule has 8 heteroatoms. The number of hydrogen-bond donors (Lipinski definition) is 1. The molecule has 2 aliphatic rings. The molecule has 1 fully saturated rings. The van der Waals surface area contributed by atoms with Gasteiger partial charge in [-0.2, -0.15) is 0 Å². The molecule has 3 aromatic rings. The van der Waals surface area contributed by atoms with Gasteiger partial charge in [-0.05, 0) is 62.2 Å². The van der Waals surface area contributed by atoms with Crippen LogP contribution in [0.4, 0.5) is 17.2 Å². The first-order valence-corrected chi connectivity index (χ1v) is 11.5. The van der Waals surface area contributed by atoms with Crippen LogP contribution in [-0.2, 0) is 9.53 Å². The highest BCUT2D eigenvalue weighted by molar-refractivity contribution is 6.06. The van der Waals surface area contributed by atoms with Crippen molar-refractivity contribution < 1.29 is 14.3 Å². The van der Waals surface area contributed by atoms with Gasteiger partial charge in [0, 0.05) is 48.0 Å². The molecule has 0 spiro atoms. The molecule has 5 rings (SSSR count). The Morgan fingerprint density at radius 1 is 1.18 bits per heavy atom. The summed E-state index contributed by atoms with van der Waals surface area (Å²) in [7, 11) is 0. The predicted molar refractivity (Wildman–Crippen MR) is 131 cm³/mol. The van der Waals surface area contributed by atoms with Crippen molar-refractivity contribution >= 4 is 29.0 Å². The van der Waals surface area contributed by atoms with Gasteiger partial charge < -0.3 is 15.0 Å². The van der Waals surface area contributed by atoms with Crippen LogP contribution in [0.15, 0.2) is 48.8 Å². The molecular formula is C26H27N5O3. The second-order valence-electron chi connectivity index (χ2n) is 8.60. The van der Waals surface area contributed by atoms with E-state index in [2.05, 4.69) is 21.3 Å². The average molecular weight is 458 g/mol. The lowest BCUT2D eigenvalue weighted by molar-refractivity contribution is -0.122. The summed E-state index contributed by atoms with van der Waals surface area (Å²) in [5.41, 5.74) is 5.97. The minimum Gasteiger partial charge on any atom is -0.377 e. The zero-order chi connectivity index (χ0) is 23.8. The molecule has 2 aliphatic heterocycles. The minimum atomic E-state index is -0.325. The number of carbonyl (C=O) groups excluding carboxylic acids is 2. The summed E-state index contributed by atoms with van der Waals surface area (Å²) in [6.07, 6.45) is 3.43. The van der Waals surface area contributed by atoms with Gasteiger partial charge in [-0.3, -0.25) is 19.5 Å². The van der Waals surface area contributed by atoms with Gasteiger partial charge in [-0.1, -0.05) is 6.07 Å². The van der Waals surface area contributed by atoms with Gasteiger partial charge in [0.1, 0.15) is 6.04 Å². The Hall–Kier alpha value is -3.78. The number of nitrogens with one attached hydrogen (secondary N) is 1. The van der Waals surface area contributed by atoms with E-state index in [1.807, 2.05) is 39.0 Å². The predicted octanol–water partition coefficient (Wildman–Crippen LogP) is 3.58. The molecule has 1 aromatic carbocycles. The lowest BCUT2D eigenvalue weighted by Crippen LogP contribution is -2.59. The highest BCUT2D eigenvalue weighted by atomic mass is 16.5. The molecule has 4 heterocycles. The average Bonchev–Trinajstić information content (AvgIpc) is 2.85. The number of anilines is 3. The van der Waals surface area contributed by atoms with Crippen molar-refractivity contribution in [3.8, 4) is 11.1 Å². The van der Waals surface area contributed by atoms with Crippen LogP contribution in [0.5, 0.6) is 0 Å². The zero-order valence-corrected chi connectivity index (χ0v) is 19.5. The van der Waals surface area contributed by atoms with Crippen LogP contribution in [0.1, 0.15) is 28.5 Å². The van der Waals surface area contributed by atoms with E-state index in [-0.39, 0.29) is 17.9 Å². The second-order valence-corrected chi connectivity index (χ2v) is 8.60. The molecular weight excluding hydrogens is 430 g/mol. The summed E-state index contributed by atoms with van der Waals surface area (Å²) in [6.45, 7) is 8.01.